The van der Waals surface area contributed by atoms with E-state index >= 15 is 0 Å². The first-order chi connectivity index (χ1) is 12.2. The van der Waals surface area contributed by atoms with E-state index in [9.17, 15) is 0 Å². The van der Waals surface area contributed by atoms with Gasteiger partial charge in [0.25, 0.3) is 0 Å². The first-order valence-electron chi connectivity index (χ1n) is 7.42. The van der Waals surface area contributed by atoms with Crippen LogP contribution in [0.3, 0.4) is 0 Å². The van der Waals surface area contributed by atoms with E-state index in [0.717, 1.165) is 22.6 Å². The van der Waals surface area contributed by atoms with Crippen LogP contribution in [-0.4, -0.2) is 25.4 Å². The molecule has 7 heteroatoms. The van der Waals surface area contributed by atoms with Gasteiger partial charge in [0.15, 0.2) is 0 Å². The highest BCUT2D eigenvalue weighted by molar-refractivity contribution is 7.14. The zero-order valence-corrected chi connectivity index (χ0v) is 15.3. The first-order valence-corrected chi connectivity index (χ1v) is 8.68. The number of nitrogens with one attached hydrogen (secondary N) is 1. The van der Waals surface area contributed by atoms with Crippen molar-refractivity contribution in [2.24, 2.45) is 5.10 Å². The fourth-order valence-electron chi connectivity index (χ4n) is 2.16. The highest BCUT2D eigenvalue weighted by Crippen LogP contribution is 2.26. The zero-order chi connectivity index (χ0) is 17.6. The van der Waals surface area contributed by atoms with Crippen molar-refractivity contribution < 1.29 is 9.47 Å². The Labute approximate surface area is 154 Å². The SMILES string of the molecule is COc1ccc(/C=N/Nc2nc(-c3ccc(Cl)cc3)cs2)c(OC)c1. The van der Waals surface area contributed by atoms with Gasteiger partial charge in [-0.2, -0.15) is 5.10 Å². The Morgan fingerprint density at radius 1 is 1.12 bits per heavy atom. The molecule has 0 saturated heterocycles. The van der Waals surface area contributed by atoms with Gasteiger partial charge in [-0.15, -0.1) is 11.3 Å². The minimum Gasteiger partial charge on any atom is -0.497 e. The van der Waals surface area contributed by atoms with E-state index in [-0.39, 0.29) is 0 Å². The molecule has 0 aliphatic carbocycles. The van der Waals surface area contributed by atoms with Crippen molar-refractivity contribution in [3.63, 3.8) is 0 Å². The molecule has 0 amide bonds. The van der Waals surface area contributed by atoms with E-state index in [1.54, 1.807) is 20.4 Å². The number of methoxy groups -OCH3 is 2. The van der Waals surface area contributed by atoms with E-state index in [2.05, 4.69) is 15.5 Å². The Morgan fingerprint density at radius 2 is 1.92 bits per heavy atom. The summed E-state index contributed by atoms with van der Waals surface area (Å²) in [7, 11) is 3.23. The molecule has 3 aromatic rings. The van der Waals surface area contributed by atoms with E-state index < -0.39 is 0 Å². The summed E-state index contributed by atoms with van der Waals surface area (Å²) in [6.07, 6.45) is 1.68. The molecular weight excluding hydrogens is 358 g/mol. The number of hydrazone groups is 1. The van der Waals surface area contributed by atoms with Gasteiger partial charge in [-0.05, 0) is 24.3 Å². The van der Waals surface area contributed by atoms with Crippen molar-refractivity contribution in [3.05, 3.63) is 58.4 Å². The Balaban J connectivity index is 1.70. The second kappa shape index (κ2) is 8.00. The van der Waals surface area contributed by atoms with Crippen LogP contribution in [0.2, 0.25) is 5.02 Å². The zero-order valence-electron chi connectivity index (χ0n) is 13.7. The third-order valence-corrected chi connectivity index (χ3v) is 4.45. The predicted octanol–water partition coefficient (Wildman–Crippen LogP) is 4.93. The topological polar surface area (TPSA) is 55.7 Å². The molecule has 1 N–H and O–H groups in total. The lowest BCUT2D eigenvalue weighted by molar-refractivity contribution is 0.394. The number of hydrogen-bond donors (Lipinski definition) is 1. The van der Waals surface area contributed by atoms with Crippen LogP contribution >= 0.6 is 22.9 Å². The lowest BCUT2D eigenvalue weighted by Gasteiger charge is -2.06. The van der Waals surface area contributed by atoms with Crippen molar-refractivity contribution in [3.8, 4) is 22.8 Å². The summed E-state index contributed by atoms with van der Waals surface area (Å²) in [5.41, 5.74) is 5.66. The standard InChI is InChI=1S/C18H16ClN3O2S/c1-23-15-8-5-13(17(9-15)24-2)10-20-22-18-21-16(11-25-18)12-3-6-14(19)7-4-12/h3-11H,1-2H3,(H,21,22)/b20-10+. The molecule has 1 aromatic heterocycles. The molecule has 0 unspecified atom stereocenters. The maximum Gasteiger partial charge on any atom is 0.203 e. The van der Waals surface area contributed by atoms with Crippen molar-refractivity contribution in [1.82, 2.24) is 4.98 Å². The van der Waals surface area contributed by atoms with E-state index in [1.165, 1.54) is 11.3 Å². The van der Waals surface area contributed by atoms with E-state index in [1.807, 2.05) is 47.8 Å². The maximum absolute atomic E-state index is 5.91. The molecule has 5 nitrogen and oxygen atoms in total. The Bertz CT molecular complexity index is 878. The monoisotopic (exact) mass is 373 g/mol. The molecule has 0 spiro atoms. The molecule has 0 radical (unpaired) electrons. The average molecular weight is 374 g/mol. The number of hydrogen-bond acceptors (Lipinski definition) is 6. The lowest BCUT2D eigenvalue weighted by atomic mass is 10.2. The van der Waals surface area contributed by atoms with Crippen LogP contribution in [0.5, 0.6) is 11.5 Å². The van der Waals surface area contributed by atoms with Crippen LogP contribution in [0.15, 0.2) is 52.9 Å². The second-order valence-corrected chi connectivity index (χ2v) is 6.32. The third kappa shape index (κ3) is 4.29. The van der Waals surface area contributed by atoms with Crippen LogP contribution in [0.1, 0.15) is 5.56 Å². The van der Waals surface area contributed by atoms with E-state index in [0.29, 0.717) is 15.9 Å². The summed E-state index contributed by atoms with van der Waals surface area (Å²) in [6.45, 7) is 0. The quantitative estimate of drug-likeness (QED) is 0.492. The van der Waals surface area contributed by atoms with Crippen molar-refractivity contribution in [1.29, 1.82) is 0 Å². The number of halogens is 1. The van der Waals surface area contributed by atoms with Gasteiger partial charge >= 0.3 is 0 Å². The van der Waals surface area contributed by atoms with E-state index in [4.69, 9.17) is 21.1 Å². The number of anilines is 1. The van der Waals surface area contributed by atoms with Gasteiger partial charge in [0.05, 0.1) is 26.1 Å². The molecular formula is C18H16ClN3O2S. The highest BCUT2D eigenvalue weighted by atomic mass is 35.5. The van der Waals surface area contributed by atoms with Crippen LogP contribution in [-0.2, 0) is 0 Å². The number of aromatic nitrogens is 1. The smallest absolute Gasteiger partial charge is 0.203 e. The fourth-order valence-corrected chi connectivity index (χ4v) is 2.95. The van der Waals surface area contributed by atoms with Crippen molar-refractivity contribution in [2.75, 3.05) is 19.6 Å². The van der Waals surface area contributed by atoms with Gasteiger partial charge in [-0.25, -0.2) is 4.98 Å². The second-order valence-electron chi connectivity index (χ2n) is 5.02. The molecule has 1 heterocycles. The first kappa shape index (κ1) is 17.3. The number of ether oxygens (including phenoxy) is 2. The van der Waals surface area contributed by atoms with Crippen molar-refractivity contribution in [2.45, 2.75) is 0 Å². The molecule has 0 saturated carbocycles. The predicted molar refractivity (Wildman–Crippen MR) is 103 cm³/mol. The molecule has 2 aromatic carbocycles. The molecule has 0 bridgehead atoms. The molecule has 3 rings (SSSR count). The summed E-state index contributed by atoms with van der Waals surface area (Å²) in [5.74, 6) is 1.42. The third-order valence-electron chi connectivity index (χ3n) is 3.45. The van der Waals surface area contributed by atoms with Crippen LogP contribution in [0, 0.1) is 0 Å². The molecule has 25 heavy (non-hydrogen) atoms. The number of thiazole rings is 1. The molecule has 0 atom stereocenters. The minimum atomic E-state index is 0.686. The van der Waals surface area contributed by atoms with Gasteiger partial charge < -0.3 is 9.47 Å². The van der Waals surface area contributed by atoms with Gasteiger partial charge in [0.1, 0.15) is 11.5 Å². The normalized spacial score (nSPS) is 10.8. The lowest BCUT2D eigenvalue weighted by Crippen LogP contribution is -1.95. The minimum absolute atomic E-state index is 0.686. The van der Waals surface area contributed by atoms with Crippen LogP contribution < -0.4 is 14.9 Å². The summed E-state index contributed by atoms with van der Waals surface area (Å²) in [6, 6.07) is 13.1. The number of rotatable bonds is 6. The molecule has 0 fully saturated rings. The average Bonchev–Trinajstić information content (AvgIpc) is 3.11. The van der Waals surface area contributed by atoms with Gasteiger partial charge in [-0.1, -0.05) is 23.7 Å². The highest BCUT2D eigenvalue weighted by Gasteiger charge is 2.05. The van der Waals surface area contributed by atoms with Gasteiger partial charge in [0, 0.05) is 27.6 Å². The Hall–Kier alpha value is -2.57. The van der Waals surface area contributed by atoms with Crippen LogP contribution in [0.4, 0.5) is 5.13 Å². The Kier molecular flexibility index (Phi) is 5.53. The summed E-state index contributed by atoms with van der Waals surface area (Å²) >= 11 is 7.39. The van der Waals surface area contributed by atoms with Gasteiger partial charge in [-0.3, -0.25) is 5.43 Å². The van der Waals surface area contributed by atoms with Crippen LogP contribution in [0.25, 0.3) is 11.3 Å². The summed E-state index contributed by atoms with van der Waals surface area (Å²) in [4.78, 5) is 4.51. The Morgan fingerprint density at radius 3 is 2.64 bits per heavy atom. The molecule has 0 aliphatic heterocycles. The number of nitrogens with zero attached hydrogens (tertiary/aromatic N) is 2. The summed E-state index contributed by atoms with van der Waals surface area (Å²) in [5, 5.41) is 7.60. The maximum atomic E-state index is 5.91. The molecule has 128 valence electrons. The molecule has 0 aliphatic rings. The summed E-state index contributed by atoms with van der Waals surface area (Å²) < 4.78 is 10.5. The van der Waals surface area contributed by atoms with Gasteiger partial charge in [0.2, 0.25) is 5.13 Å². The van der Waals surface area contributed by atoms with Crippen molar-refractivity contribution >= 4 is 34.3 Å². The number of benzene rings is 2. The fraction of sp³-hybridized carbons (Fsp3) is 0.111. The largest absolute Gasteiger partial charge is 0.497 e.